The Morgan fingerprint density at radius 1 is 1.43 bits per heavy atom. The molecule has 0 saturated heterocycles. The topological polar surface area (TPSA) is 39.1 Å². The molecular formula is C16H22BrN3O. The molecule has 5 heteroatoms. The molecule has 0 fully saturated rings. The molecule has 21 heavy (non-hydrogen) atoms. The molecule has 1 unspecified atom stereocenters. The number of benzene rings is 1. The second-order valence-corrected chi connectivity index (χ2v) is 5.88. The van der Waals surface area contributed by atoms with Gasteiger partial charge in [-0.05, 0) is 31.0 Å². The van der Waals surface area contributed by atoms with Crippen molar-refractivity contribution < 1.29 is 4.74 Å². The molecule has 2 aromatic rings. The van der Waals surface area contributed by atoms with Crippen molar-refractivity contribution in [1.82, 2.24) is 15.1 Å². The fraction of sp³-hybridized carbons (Fsp3) is 0.438. The van der Waals surface area contributed by atoms with Crippen LogP contribution in [0.4, 0.5) is 0 Å². The van der Waals surface area contributed by atoms with E-state index < -0.39 is 0 Å². The molecule has 114 valence electrons. The predicted molar refractivity (Wildman–Crippen MR) is 88.8 cm³/mol. The van der Waals surface area contributed by atoms with Crippen molar-refractivity contribution in [2.45, 2.75) is 26.3 Å². The molecule has 1 heterocycles. The molecule has 0 saturated carbocycles. The minimum atomic E-state index is 0.0432. The van der Waals surface area contributed by atoms with Crippen LogP contribution >= 0.6 is 15.9 Å². The van der Waals surface area contributed by atoms with Crippen LogP contribution in [0.25, 0.3) is 0 Å². The van der Waals surface area contributed by atoms with Gasteiger partial charge in [0, 0.05) is 11.5 Å². The summed E-state index contributed by atoms with van der Waals surface area (Å²) in [6, 6.07) is 6.36. The molecule has 0 radical (unpaired) electrons. The van der Waals surface area contributed by atoms with Gasteiger partial charge in [-0.15, -0.1) is 0 Å². The smallest absolute Gasteiger partial charge is 0.161 e. The largest absolute Gasteiger partial charge is 0.493 e. The summed E-state index contributed by atoms with van der Waals surface area (Å²) >= 11 is 3.72. The molecular weight excluding hydrogens is 330 g/mol. The fourth-order valence-electron chi connectivity index (χ4n) is 2.45. The quantitative estimate of drug-likeness (QED) is 0.864. The van der Waals surface area contributed by atoms with Crippen LogP contribution in [-0.4, -0.2) is 23.4 Å². The normalized spacial score (nSPS) is 12.4. The Labute approximate surface area is 134 Å². The lowest BCUT2D eigenvalue weighted by Gasteiger charge is -2.22. The lowest BCUT2D eigenvalue weighted by molar-refractivity contribution is 0.400. The van der Waals surface area contributed by atoms with Crippen LogP contribution in [0.5, 0.6) is 5.75 Å². The van der Waals surface area contributed by atoms with Gasteiger partial charge in [0.05, 0.1) is 19.3 Å². The first kappa shape index (κ1) is 16.0. The van der Waals surface area contributed by atoms with E-state index in [9.17, 15) is 0 Å². The highest BCUT2D eigenvalue weighted by molar-refractivity contribution is 9.10. The van der Waals surface area contributed by atoms with Gasteiger partial charge in [-0.25, -0.2) is 0 Å². The van der Waals surface area contributed by atoms with E-state index in [1.54, 1.807) is 13.3 Å². The van der Waals surface area contributed by atoms with E-state index in [-0.39, 0.29) is 6.04 Å². The molecule has 2 rings (SSSR count). The highest BCUT2D eigenvalue weighted by Crippen LogP contribution is 2.34. The molecule has 0 aliphatic rings. The Balaban J connectivity index is 2.52. The Morgan fingerprint density at radius 3 is 2.86 bits per heavy atom. The molecule has 0 aliphatic carbocycles. The van der Waals surface area contributed by atoms with Gasteiger partial charge in [0.2, 0.25) is 0 Å². The van der Waals surface area contributed by atoms with Gasteiger partial charge < -0.3 is 10.1 Å². The summed E-state index contributed by atoms with van der Waals surface area (Å²) < 4.78 is 8.48. The molecule has 4 nitrogen and oxygen atoms in total. The number of nitrogens with one attached hydrogen (secondary N) is 1. The second-order valence-electron chi connectivity index (χ2n) is 5.09. The highest BCUT2D eigenvalue weighted by atomic mass is 79.9. The van der Waals surface area contributed by atoms with Crippen molar-refractivity contribution in [3.05, 3.63) is 45.7 Å². The van der Waals surface area contributed by atoms with Crippen LogP contribution in [0.2, 0.25) is 0 Å². The van der Waals surface area contributed by atoms with E-state index in [1.807, 2.05) is 11.7 Å². The van der Waals surface area contributed by atoms with Gasteiger partial charge in [-0.1, -0.05) is 41.1 Å². The molecule has 0 bridgehead atoms. The Morgan fingerprint density at radius 2 is 2.19 bits per heavy atom. The number of hydrogen-bond donors (Lipinski definition) is 1. The van der Waals surface area contributed by atoms with Crippen molar-refractivity contribution in [3.8, 4) is 5.75 Å². The molecule has 1 atom stereocenters. The van der Waals surface area contributed by atoms with Crippen LogP contribution in [0.1, 0.15) is 36.2 Å². The SMILES string of the molecule is CCCNC(c1cccc(C)c1Br)c1c(OC)cnn1C. The van der Waals surface area contributed by atoms with Gasteiger partial charge >= 0.3 is 0 Å². The standard InChI is InChI=1S/C16H22BrN3O/c1-5-9-18-15(12-8-6-7-11(2)14(12)17)16-13(21-4)10-19-20(16)3/h6-8,10,15,18H,5,9H2,1-4H3. The second kappa shape index (κ2) is 7.09. The number of halogens is 1. The summed E-state index contributed by atoms with van der Waals surface area (Å²) in [6.07, 6.45) is 2.83. The van der Waals surface area contributed by atoms with Crippen molar-refractivity contribution >= 4 is 15.9 Å². The number of nitrogens with zero attached hydrogens (tertiary/aromatic N) is 2. The van der Waals surface area contributed by atoms with E-state index in [0.29, 0.717) is 0 Å². The monoisotopic (exact) mass is 351 g/mol. The van der Waals surface area contributed by atoms with E-state index in [2.05, 4.69) is 58.4 Å². The van der Waals surface area contributed by atoms with Gasteiger partial charge in [-0.3, -0.25) is 4.68 Å². The molecule has 1 N–H and O–H groups in total. The van der Waals surface area contributed by atoms with Crippen LogP contribution in [-0.2, 0) is 7.05 Å². The van der Waals surface area contributed by atoms with Gasteiger partial charge in [0.25, 0.3) is 0 Å². The molecule has 0 amide bonds. The molecule has 1 aromatic heterocycles. The summed E-state index contributed by atoms with van der Waals surface area (Å²) in [5, 5.41) is 7.93. The first-order chi connectivity index (χ1) is 10.1. The zero-order chi connectivity index (χ0) is 15.4. The maximum atomic E-state index is 5.48. The zero-order valence-corrected chi connectivity index (χ0v) is 14.6. The van der Waals surface area contributed by atoms with Gasteiger partial charge in [0.15, 0.2) is 5.75 Å². The fourth-order valence-corrected chi connectivity index (χ4v) is 2.94. The Bertz CT molecular complexity index is 610. The van der Waals surface area contributed by atoms with E-state index >= 15 is 0 Å². The maximum absolute atomic E-state index is 5.48. The van der Waals surface area contributed by atoms with Crippen molar-refractivity contribution in [2.75, 3.05) is 13.7 Å². The van der Waals surface area contributed by atoms with E-state index in [4.69, 9.17) is 4.74 Å². The average molecular weight is 352 g/mol. The maximum Gasteiger partial charge on any atom is 0.161 e. The molecule has 1 aromatic carbocycles. The van der Waals surface area contributed by atoms with E-state index in [0.717, 1.165) is 28.9 Å². The third-order valence-electron chi connectivity index (χ3n) is 3.57. The Hall–Kier alpha value is -1.33. The van der Waals surface area contributed by atoms with Crippen LogP contribution in [0, 0.1) is 6.92 Å². The third-order valence-corrected chi connectivity index (χ3v) is 4.66. The van der Waals surface area contributed by atoms with Crippen LogP contribution in [0.15, 0.2) is 28.9 Å². The highest BCUT2D eigenvalue weighted by Gasteiger charge is 2.24. The van der Waals surface area contributed by atoms with Crippen LogP contribution in [0.3, 0.4) is 0 Å². The number of rotatable bonds is 6. The summed E-state index contributed by atoms with van der Waals surface area (Å²) in [6.45, 7) is 5.19. The molecule has 0 spiro atoms. The van der Waals surface area contributed by atoms with Crippen molar-refractivity contribution in [2.24, 2.45) is 7.05 Å². The number of ether oxygens (including phenoxy) is 1. The summed E-state index contributed by atoms with van der Waals surface area (Å²) in [4.78, 5) is 0. The number of aromatic nitrogens is 2. The van der Waals surface area contributed by atoms with Gasteiger partial charge in [-0.2, -0.15) is 5.10 Å². The van der Waals surface area contributed by atoms with Gasteiger partial charge in [0.1, 0.15) is 5.69 Å². The minimum Gasteiger partial charge on any atom is -0.493 e. The first-order valence-electron chi connectivity index (χ1n) is 7.14. The minimum absolute atomic E-state index is 0.0432. The lowest BCUT2D eigenvalue weighted by Crippen LogP contribution is -2.26. The third kappa shape index (κ3) is 3.30. The van der Waals surface area contributed by atoms with Crippen LogP contribution < -0.4 is 10.1 Å². The van der Waals surface area contributed by atoms with Crippen molar-refractivity contribution in [3.63, 3.8) is 0 Å². The van der Waals surface area contributed by atoms with Crippen molar-refractivity contribution in [1.29, 1.82) is 0 Å². The Kier molecular flexibility index (Phi) is 5.42. The summed E-state index contributed by atoms with van der Waals surface area (Å²) in [5.74, 6) is 0.805. The molecule has 0 aliphatic heterocycles. The number of aryl methyl sites for hydroxylation is 2. The summed E-state index contributed by atoms with van der Waals surface area (Å²) in [7, 11) is 3.63. The zero-order valence-electron chi connectivity index (χ0n) is 13.0. The number of hydrogen-bond acceptors (Lipinski definition) is 3. The lowest BCUT2D eigenvalue weighted by atomic mass is 10.0. The first-order valence-corrected chi connectivity index (χ1v) is 7.93. The average Bonchev–Trinajstić information content (AvgIpc) is 2.85. The summed E-state index contributed by atoms with van der Waals surface area (Å²) in [5.41, 5.74) is 3.46. The number of methoxy groups -OCH3 is 1. The van der Waals surface area contributed by atoms with E-state index in [1.165, 1.54) is 11.1 Å². The predicted octanol–water partition coefficient (Wildman–Crippen LogP) is 3.59.